The molecule has 0 aliphatic rings. The van der Waals surface area contributed by atoms with E-state index in [4.69, 9.17) is 0 Å². The first-order valence-corrected chi connectivity index (χ1v) is 7.85. The first-order chi connectivity index (χ1) is 10.6. The topological polar surface area (TPSA) is 65.5 Å². The summed E-state index contributed by atoms with van der Waals surface area (Å²) < 4.78 is 0. The summed E-state index contributed by atoms with van der Waals surface area (Å²) in [5, 5.41) is 9.37. The second-order valence-electron chi connectivity index (χ2n) is 5.41. The molecular weight excluding hydrogens is 403 g/mol. The summed E-state index contributed by atoms with van der Waals surface area (Å²) in [6.45, 7) is 7.43. The minimum atomic E-state index is 0. The van der Waals surface area contributed by atoms with E-state index in [1.54, 1.807) is 7.05 Å². The van der Waals surface area contributed by atoms with E-state index < -0.39 is 0 Å². The van der Waals surface area contributed by atoms with Gasteiger partial charge in [-0.3, -0.25) is 9.79 Å². The predicted molar refractivity (Wildman–Crippen MR) is 107 cm³/mol. The molecule has 1 amide bonds. The van der Waals surface area contributed by atoms with Crippen LogP contribution in [0.4, 0.5) is 0 Å². The first kappa shape index (κ1) is 21.7. The Bertz CT molecular complexity index is 505. The molecule has 0 spiro atoms. The van der Waals surface area contributed by atoms with Crippen LogP contribution in [0.15, 0.2) is 29.3 Å². The first-order valence-electron chi connectivity index (χ1n) is 7.85. The number of aliphatic imine (C=N–C) groups is 1. The molecule has 23 heavy (non-hydrogen) atoms. The summed E-state index contributed by atoms with van der Waals surface area (Å²) >= 11 is 0. The van der Waals surface area contributed by atoms with Crippen molar-refractivity contribution in [2.24, 2.45) is 4.99 Å². The van der Waals surface area contributed by atoms with Crippen molar-refractivity contribution in [1.29, 1.82) is 0 Å². The summed E-state index contributed by atoms with van der Waals surface area (Å²) in [5.41, 5.74) is 2.48. The third-order valence-corrected chi connectivity index (χ3v) is 3.60. The van der Waals surface area contributed by atoms with Crippen molar-refractivity contribution in [3.63, 3.8) is 0 Å². The minimum Gasteiger partial charge on any atom is -0.356 e. The Hall–Kier alpha value is -1.31. The van der Waals surface area contributed by atoms with Gasteiger partial charge in [-0.05, 0) is 31.4 Å². The fourth-order valence-electron chi connectivity index (χ4n) is 1.95. The number of carbonyl (C=O) groups excluding carboxylic acids is 1. The molecule has 0 aromatic heterocycles. The maximum Gasteiger partial charge on any atom is 0.221 e. The third kappa shape index (κ3) is 8.78. The van der Waals surface area contributed by atoms with Gasteiger partial charge in [-0.1, -0.05) is 31.2 Å². The van der Waals surface area contributed by atoms with Gasteiger partial charge < -0.3 is 16.0 Å². The molecule has 0 aliphatic heterocycles. The van der Waals surface area contributed by atoms with E-state index in [1.165, 1.54) is 11.1 Å². The Balaban J connectivity index is 0.00000484. The Labute approximate surface area is 156 Å². The summed E-state index contributed by atoms with van der Waals surface area (Å²) in [5.74, 6) is 0.774. The van der Waals surface area contributed by atoms with Crippen molar-refractivity contribution in [1.82, 2.24) is 16.0 Å². The van der Waals surface area contributed by atoms with Crippen molar-refractivity contribution in [2.45, 2.75) is 46.2 Å². The Morgan fingerprint density at radius 3 is 2.57 bits per heavy atom. The highest BCUT2D eigenvalue weighted by Gasteiger charge is 2.06. The number of aryl methyl sites for hydroxylation is 1. The van der Waals surface area contributed by atoms with Crippen LogP contribution < -0.4 is 16.0 Å². The second kappa shape index (κ2) is 12.2. The molecule has 0 fully saturated rings. The lowest BCUT2D eigenvalue weighted by atomic mass is 10.1. The van der Waals surface area contributed by atoms with Crippen LogP contribution >= 0.6 is 24.0 Å². The SMILES string of the molecule is CCC(C)NC(=O)CCNC(=NC)NCc1ccccc1C.I. The number of hydrogen-bond donors (Lipinski definition) is 3. The highest BCUT2D eigenvalue weighted by atomic mass is 127. The van der Waals surface area contributed by atoms with Crippen LogP contribution in [0, 0.1) is 6.92 Å². The molecule has 1 aromatic rings. The van der Waals surface area contributed by atoms with Gasteiger partial charge >= 0.3 is 0 Å². The number of guanidine groups is 1. The molecule has 1 rings (SSSR count). The molecule has 0 aliphatic carbocycles. The Morgan fingerprint density at radius 1 is 1.26 bits per heavy atom. The number of nitrogens with one attached hydrogen (secondary N) is 3. The number of carbonyl (C=O) groups is 1. The van der Waals surface area contributed by atoms with Gasteiger partial charge in [0.1, 0.15) is 0 Å². The number of amides is 1. The normalized spacial score (nSPS) is 12.1. The number of halogens is 1. The smallest absolute Gasteiger partial charge is 0.221 e. The molecule has 0 saturated heterocycles. The lowest BCUT2D eigenvalue weighted by molar-refractivity contribution is -0.121. The van der Waals surface area contributed by atoms with Crippen LogP contribution in [0.25, 0.3) is 0 Å². The van der Waals surface area contributed by atoms with Crippen LogP contribution in [0.1, 0.15) is 37.8 Å². The van der Waals surface area contributed by atoms with Gasteiger partial charge in [-0.15, -0.1) is 24.0 Å². The minimum absolute atomic E-state index is 0. The van der Waals surface area contributed by atoms with Crippen molar-refractivity contribution in [2.75, 3.05) is 13.6 Å². The van der Waals surface area contributed by atoms with Crippen molar-refractivity contribution in [3.05, 3.63) is 35.4 Å². The maximum atomic E-state index is 11.7. The van der Waals surface area contributed by atoms with Crippen LogP contribution in [0.2, 0.25) is 0 Å². The van der Waals surface area contributed by atoms with Gasteiger partial charge in [-0.2, -0.15) is 0 Å². The van der Waals surface area contributed by atoms with Gasteiger partial charge in [0.2, 0.25) is 5.91 Å². The zero-order valence-electron chi connectivity index (χ0n) is 14.5. The number of nitrogens with zero attached hydrogens (tertiary/aromatic N) is 1. The monoisotopic (exact) mass is 432 g/mol. The summed E-state index contributed by atoms with van der Waals surface area (Å²) in [7, 11) is 1.73. The molecule has 6 heteroatoms. The zero-order valence-corrected chi connectivity index (χ0v) is 16.8. The van der Waals surface area contributed by atoms with E-state index in [2.05, 4.69) is 46.9 Å². The maximum absolute atomic E-state index is 11.7. The number of rotatable bonds is 7. The van der Waals surface area contributed by atoms with E-state index in [1.807, 2.05) is 19.1 Å². The van der Waals surface area contributed by atoms with Gasteiger partial charge in [0.15, 0.2) is 5.96 Å². The zero-order chi connectivity index (χ0) is 16.4. The second-order valence-corrected chi connectivity index (χ2v) is 5.41. The van der Waals surface area contributed by atoms with Gasteiger partial charge in [0, 0.05) is 32.6 Å². The largest absolute Gasteiger partial charge is 0.356 e. The molecule has 0 saturated carbocycles. The van der Waals surface area contributed by atoms with E-state index in [9.17, 15) is 4.79 Å². The van der Waals surface area contributed by atoms with Gasteiger partial charge in [-0.25, -0.2) is 0 Å². The molecular formula is C17H29IN4O. The Kier molecular flexibility index (Phi) is 11.5. The fourth-order valence-corrected chi connectivity index (χ4v) is 1.95. The summed E-state index contributed by atoms with van der Waals surface area (Å²) in [4.78, 5) is 15.9. The van der Waals surface area contributed by atoms with E-state index in [0.717, 1.165) is 6.42 Å². The molecule has 1 aromatic carbocycles. The van der Waals surface area contributed by atoms with Crippen LogP contribution in [0.5, 0.6) is 0 Å². The average Bonchev–Trinajstić information content (AvgIpc) is 2.51. The quantitative estimate of drug-likeness (QED) is 0.353. The standard InChI is InChI=1S/C17H28N4O.HI/c1-5-14(3)21-16(22)10-11-19-17(18-4)20-12-15-9-7-6-8-13(15)2;/h6-9,14H,5,10-12H2,1-4H3,(H,21,22)(H2,18,19,20);1H. The fraction of sp³-hybridized carbons (Fsp3) is 0.529. The van der Waals surface area contributed by atoms with Gasteiger partial charge in [0.25, 0.3) is 0 Å². The summed E-state index contributed by atoms with van der Waals surface area (Å²) in [6, 6.07) is 8.47. The Morgan fingerprint density at radius 2 is 1.96 bits per heavy atom. The van der Waals surface area contributed by atoms with Crippen molar-refractivity contribution >= 4 is 35.8 Å². The summed E-state index contributed by atoms with van der Waals surface area (Å²) in [6.07, 6.45) is 1.38. The molecule has 0 bridgehead atoms. The highest BCUT2D eigenvalue weighted by Crippen LogP contribution is 2.05. The molecule has 1 atom stereocenters. The number of benzene rings is 1. The highest BCUT2D eigenvalue weighted by molar-refractivity contribution is 14.0. The number of hydrogen-bond acceptors (Lipinski definition) is 2. The lowest BCUT2D eigenvalue weighted by Crippen LogP contribution is -2.40. The lowest BCUT2D eigenvalue weighted by Gasteiger charge is -2.14. The van der Waals surface area contributed by atoms with Gasteiger partial charge in [0.05, 0.1) is 0 Å². The molecule has 5 nitrogen and oxygen atoms in total. The molecule has 3 N–H and O–H groups in total. The van der Waals surface area contributed by atoms with E-state index in [-0.39, 0.29) is 35.9 Å². The van der Waals surface area contributed by atoms with E-state index in [0.29, 0.717) is 25.5 Å². The van der Waals surface area contributed by atoms with Crippen LogP contribution in [-0.4, -0.2) is 31.5 Å². The van der Waals surface area contributed by atoms with Crippen LogP contribution in [0.3, 0.4) is 0 Å². The molecule has 130 valence electrons. The predicted octanol–water partition coefficient (Wildman–Crippen LogP) is 2.58. The molecule has 0 radical (unpaired) electrons. The molecule has 1 unspecified atom stereocenters. The third-order valence-electron chi connectivity index (χ3n) is 3.60. The van der Waals surface area contributed by atoms with E-state index >= 15 is 0 Å². The van der Waals surface area contributed by atoms with Crippen molar-refractivity contribution in [3.8, 4) is 0 Å². The molecule has 0 heterocycles. The average molecular weight is 432 g/mol. The van der Waals surface area contributed by atoms with Crippen molar-refractivity contribution < 1.29 is 4.79 Å². The van der Waals surface area contributed by atoms with Crippen LogP contribution in [-0.2, 0) is 11.3 Å².